The first-order valence-corrected chi connectivity index (χ1v) is 5.39. The zero-order valence-electron chi connectivity index (χ0n) is 9.37. The van der Waals surface area contributed by atoms with E-state index in [0.717, 1.165) is 12.4 Å². The Labute approximate surface area is 95.7 Å². The molecule has 84 valence electrons. The minimum Gasteiger partial charge on any atom is -0.389 e. The zero-order valence-corrected chi connectivity index (χ0v) is 10.1. The number of hydrogen-bond donors (Lipinski definition) is 1. The first kappa shape index (κ1) is 12.3. The molecule has 0 atom stereocenters. The van der Waals surface area contributed by atoms with Crippen molar-refractivity contribution in [2.75, 3.05) is 18.0 Å². The maximum atomic E-state index is 9.74. The highest BCUT2D eigenvalue weighted by Crippen LogP contribution is 2.16. The number of halogens is 1. The molecule has 0 radical (unpaired) electrons. The molecule has 0 aliphatic rings. The standard InChI is InChI=1S/C11H17ClN2O/c1-4-14(8-11(2,3)15)10-6-5-9(12)7-13-10/h5-7,15H,4,8H2,1-3H3. The number of hydrogen-bond acceptors (Lipinski definition) is 3. The average Bonchev–Trinajstić information content (AvgIpc) is 2.14. The molecule has 0 fully saturated rings. The third kappa shape index (κ3) is 4.06. The van der Waals surface area contributed by atoms with Gasteiger partial charge in [0.2, 0.25) is 0 Å². The van der Waals surface area contributed by atoms with Crippen LogP contribution in [0.2, 0.25) is 5.02 Å². The largest absolute Gasteiger partial charge is 0.389 e. The van der Waals surface area contributed by atoms with Gasteiger partial charge in [-0.1, -0.05) is 11.6 Å². The summed E-state index contributed by atoms with van der Waals surface area (Å²) in [6, 6.07) is 3.66. The Morgan fingerprint density at radius 3 is 2.53 bits per heavy atom. The molecule has 4 heteroatoms. The summed E-state index contributed by atoms with van der Waals surface area (Å²) < 4.78 is 0. The van der Waals surface area contributed by atoms with Gasteiger partial charge in [0.15, 0.2) is 0 Å². The van der Waals surface area contributed by atoms with E-state index in [1.54, 1.807) is 26.1 Å². The van der Waals surface area contributed by atoms with Gasteiger partial charge in [-0.05, 0) is 32.9 Å². The van der Waals surface area contributed by atoms with Gasteiger partial charge in [-0.25, -0.2) is 4.98 Å². The third-order valence-electron chi connectivity index (χ3n) is 2.00. The summed E-state index contributed by atoms with van der Waals surface area (Å²) in [5, 5.41) is 10.4. The molecule has 1 heterocycles. The number of nitrogens with zero attached hydrogens (tertiary/aromatic N) is 2. The predicted molar refractivity (Wildman–Crippen MR) is 63.4 cm³/mol. The summed E-state index contributed by atoms with van der Waals surface area (Å²) in [6.45, 7) is 6.95. The Hall–Kier alpha value is -0.800. The van der Waals surface area contributed by atoms with Crippen molar-refractivity contribution in [3.05, 3.63) is 23.4 Å². The van der Waals surface area contributed by atoms with E-state index in [1.807, 2.05) is 17.9 Å². The molecule has 15 heavy (non-hydrogen) atoms. The molecule has 1 aromatic rings. The lowest BCUT2D eigenvalue weighted by atomic mass is 10.1. The van der Waals surface area contributed by atoms with Crippen molar-refractivity contribution in [2.45, 2.75) is 26.4 Å². The van der Waals surface area contributed by atoms with Gasteiger partial charge in [-0.15, -0.1) is 0 Å². The molecule has 1 rings (SSSR count). The first-order chi connectivity index (χ1) is 6.92. The molecule has 3 nitrogen and oxygen atoms in total. The predicted octanol–water partition coefficient (Wildman–Crippen LogP) is 2.33. The first-order valence-electron chi connectivity index (χ1n) is 5.01. The van der Waals surface area contributed by atoms with Gasteiger partial charge >= 0.3 is 0 Å². The topological polar surface area (TPSA) is 36.4 Å². The quantitative estimate of drug-likeness (QED) is 0.860. The molecule has 0 spiro atoms. The molecular formula is C11H17ClN2O. The molecule has 0 saturated heterocycles. The number of rotatable bonds is 4. The highest BCUT2D eigenvalue weighted by atomic mass is 35.5. The maximum absolute atomic E-state index is 9.74. The van der Waals surface area contributed by atoms with Crippen LogP contribution < -0.4 is 4.90 Å². The number of aliphatic hydroxyl groups is 1. The Bertz CT molecular complexity index is 305. The van der Waals surface area contributed by atoms with Gasteiger partial charge in [0, 0.05) is 19.3 Å². The SMILES string of the molecule is CCN(CC(C)(C)O)c1ccc(Cl)cn1. The summed E-state index contributed by atoms with van der Waals surface area (Å²) in [5.41, 5.74) is -0.725. The van der Waals surface area contributed by atoms with Crippen LogP contribution in [-0.2, 0) is 0 Å². The Balaban J connectivity index is 2.79. The average molecular weight is 229 g/mol. The minimum atomic E-state index is -0.725. The smallest absolute Gasteiger partial charge is 0.128 e. The molecule has 1 aromatic heterocycles. The van der Waals surface area contributed by atoms with Crippen LogP contribution >= 0.6 is 11.6 Å². The zero-order chi connectivity index (χ0) is 11.5. The number of likely N-dealkylation sites (N-methyl/N-ethyl adjacent to an activating group) is 1. The van der Waals surface area contributed by atoms with E-state index in [2.05, 4.69) is 4.98 Å². The number of pyridine rings is 1. The highest BCUT2D eigenvalue weighted by molar-refractivity contribution is 6.30. The van der Waals surface area contributed by atoms with Crippen LogP contribution in [0.5, 0.6) is 0 Å². The lowest BCUT2D eigenvalue weighted by Gasteiger charge is -2.28. The second kappa shape index (κ2) is 4.81. The normalized spacial score (nSPS) is 11.5. The summed E-state index contributed by atoms with van der Waals surface area (Å²) in [5.74, 6) is 0.837. The Morgan fingerprint density at radius 1 is 1.47 bits per heavy atom. The number of anilines is 1. The van der Waals surface area contributed by atoms with E-state index in [-0.39, 0.29) is 0 Å². The van der Waals surface area contributed by atoms with E-state index in [0.29, 0.717) is 11.6 Å². The van der Waals surface area contributed by atoms with Crippen molar-refractivity contribution < 1.29 is 5.11 Å². The van der Waals surface area contributed by atoms with E-state index in [1.165, 1.54) is 0 Å². The van der Waals surface area contributed by atoms with E-state index >= 15 is 0 Å². The van der Waals surface area contributed by atoms with Crippen molar-refractivity contribution in [1.29, 1.82) is 0 Å². The summed E-state index contributed by atoms with van der Waals surface area (Å²) >= 11 is 5.76. The monoisotopic (exact) mass is 228 g/mol. The van der Waals surface area contributed by atoms with Crippen molar-refractivity contribution >= 4 is 17.4 Å². The van der Waals surface area contributed by atoms with Gasteiger partial charge in [-0.2, -0.15) is 0 Å². The lowest BCUT2D eigenvalue weighted by Crippen LogP contribution is -2.39. The second-order valence-corrected chi connectivity index (χ2v) is 4.60. The van der Waals surface area contributed by atoms with Crippen LogP contribution in [0.3, 0.4) is 0 Å². The van der Waals surface area contributed by atoms with E-state index < -0.39 is 5.60 Å². The molecule has 0 amide bonds. The highest BCUT2D eigenvalue weighted by Gasteiger charge is 2.18. The molecular weight excluding hydrogens is 212 g/mol. The van der Waals surface area contributed by atoms with Crippen molar-refractivity contribution in [2.24, 2.45) is 0 Å². The van der Waals surface area contributed by atoms with Crippen LogP contribution in [0.25, 0.3) is 0 Å². The summed E-state index contributed by atoms with van der Waals surface area (Å²) in [4.78, 5) is 6.23. The van der Waals surface area contributed by atoms with Crippen molar-refractivity contribution in [1.82, 2.24) is 4.98 Å². The van der Waals surface area contributed by atoms with E-state index in [9.17, 15) is 5.11 Å². The fourth-order valence-electron chi connectivity index (χ4n) is 1.38. The fraction of sp³-hybridized carbons (Fsp3) is 0.545. The fourth-order valence-corrected chi connectivity index (χ4v) is 1.49. The minimum absolute atomic E-state index is 0.554. The number of aromatic nitrogens is 1. The maximum Gasteiger partial charge on any atom is 0.128 e. The molecule has 0 bridgehead atoms. The molecule has 0 saturated carbocycles. The van der Waals surface area contributed by atoms with Crippen molar-refractivity contribution in [3.63, 3.8) is 0 Å². The van der Waals surface area contributed by atoms with Gasteiger partial charge in [0.1, 0.15) is 5.82 Å². The van der Waals surface area contributed by atoms with Crippen LogP contribution in [0, 0.1) is 0 Å². The van der Waals surface area contributed by atoms with Gasteiger partial charge in [-0.3, -0.25) is 0 Å². The molecule has 1 N–H and O–H groups in total. The van der Waals surface area contributed by atoms with Crippen molar-refractivity contribution in [3.8, 4) is 0 Å². The van der Waals surface area contributed by atoms with E-state index in [4.69, 9.17) is 11.6 Å². The molecule has 0 aliphatic carbocycles. The summed E-state index contributed by atoms with van der Waals surface area (Å²) in [6.07, 6.45) is 1.62. The lowest BCUT2D eigenvalue weighted by molar-refractivity contribution is 0.0874. The molecule has 0 aliphatic heterocycles. The third-order valence-corrected chi connectivity index (χ3v) is 2.22. The summed E-state index contributed by atoms with van der Waals surface area (Å²) in [7, 11) is 0. The molecule has 0 aromatic carbocycles. The van der Waals surface area contributed by atoms with Crippen LogP contribution in [0.1, 0.15) is 20.8 Å². The van der Waals surface area contributed by atoms with Gasteiger partial charge in [0.25, 0.3) is 0 Å². The van der Waals surface area contributed by atoms with Gasteiger partial charge in [0.05, 0.1) is 10.6 Å². The Kier molecular flexibility index (Phi) is 3.94. The van der Waals surface area contributed by atoms with Crippen LogP contribution in [-0.4, -0.2) is 28.8 Å². The van der Waals surface area contributed by atoms with Crippen LogP contribution in [0.15, 0.2) is 18.3 Å². The Morgan fingerprint density at radius 2 is 2.13 bits per heavy atom. The second-order valence-electron chi connectivity index (χ2n) is 4.16. The molecule has 0 unspecified atom stereocenters. The van der Waals surface area contributed by atoms with Crippen LogP contribution in [0.4, 0.5) is 5.82 Å². The van der Waals surface area contributed by atoms with Gasteiger partial charge < -0.3 is 10.0 Å².